The van der Waals surface area contributed by atoms with E-state index in [1.807, 2.05) is 11.6 Å². The van der Waals surface area contributed by atoms with Crippen molar-refractivity contribution in [1.29, 1.82) is 0 Å². The van der Waals surface area contributed by atoms with E-state index in [4.69, 9.17) is 0 Å². The number of aromatic nitrogens is 2. The molecule has 92 valence electrons. The van der Waals surface area contributed by atoms with Crippen LogP contribution in [0.3, 0.4) is 0 Å². The first kappa shape index (κ1) is 10.8. The van der Waals surface area contributed by atoms with E-state index < -0.39 is 5.97 Å². The van der Waals surface area contributed by atoms with Crippen LogP contribution < -0.4 is 5.11 Å². The van der Waals surface area contributed by atoms with Gasteiger partial charge in [0.1, 0.15) is 0 Å². The minimum absolute atomic E-state index is 0.0479. The largest absolute Gasteiger partial charge is 0.550 e. The zero-order valence-corrected chi connectivity index (χ0v) is 10.5. The lowest BCUT2D eigenvalue weighted by molar-refractivity contribution is -0.306. The Kier molecular flexibility index (Phi) is 1.98. The van der Waals surface area contributed by atoms with E-state index >= 15 is 0 Å². The van der Waals surface area contributed by atoms with Crippen molar-refractivity contribution in [2.75, 3.05) is 0 Å². The lowest BCUT2D eigenvalue weighted by atomic mass is 9.98. The molecule has 0 aromatic carbocycles. The van der Waals surface area contributed by atoms with Crippen LogP contribution in [0.1, 0.15) is 43.1 Å². The third-order valence-electron chi connectivity index (χ3n) is 4.59. The average molecular weight is 233 g/mol. The molecule has 2 atom stereocenters. The van der Waals surface area contributed by atoms with Gasteiger partial charge >= 0.3 is 0 Å². The van der Waals surface area contributed by atoms with Crippen molar-refractivity contribution in [3.05, 3.63) is 17.0 Å². The summed E-state index contributed by atoms with van der Waals surface area (Å²) in [5, 5.41) is 15.0. The van der Waals surface area contributed by atoms with Gasteiger partial charge in [-0.3, -0.25) is 4.68 Å². The molecule has 0 spiro atoms. The minimum atomic E-state index is -1.00. The molecule has 4 nitrogen and oxygen atoms in total. The van der Waals surface area contributed by atoms with Gasteiger partial charge in [0, 0.05) is 30.2 Å². The molecule has 0 bridgehead atoms. The summed E-state index contributed by atoms with van der Waals surface area (Å²) in [6.07, 6.45) is 1.10. The molecular weight excluding hydrogens is 216 g/mol. The number of rotatable bonds is 3. The Morgan fingerprint density at radius 1 is 1.59 bits per heavy atom. The van der Waals surface area contributed by atoms with Crippen molar-refractivity contribution in [1.82, 2.24) is 9.78 Å². The van der Waals surface area contributed by atoms with Crippen LogP contribution in [-0.2, 0) is 17.8 Å². The highest BCUT2D eigenvalue weighted by molar-refractivity contribution is 5.64. The molecule has 2 unspecified atom stereocenters. The number of carbonyl (C=O) groups excluding carboxylic acids is 1. The van der Waals surface area contributed by atoms with Crippen LogP contribution in [0.25, 0.3) is 0 Å². The summed E-state index contributed by atoms with van der Waals surface area (Å²) < 4.78 is 1.88. The van der Waals surface area contributed by atoms with Crippen molar-refractivity contribution >= 4 is 5.97 Å². The van der Waals surface area contributed by atoms with Crippen LogP contribution in [-0.4, -0.2) is 15.7 Å². The van der Waals surface area contributed by atoms with Gasteiger partial charge in [0.25, 0.3) is 0 Å². The number of aryl methyl sites for hydroxylation is 2. The molecule has 1 aromatic rings. The fourth-order valence-electron chi connectivity index (χ4n) is 3.55. The quantitative estimate of drug-likeness (QED) is 0.769. The number of carboxylic acids is 1. The van der Waals surface area contributed by atoms with Crippen LogP contribution >= 0.6 is 0 Å². The van der Waals surface area contributed by atoms with Gasteiger partial charge in [0.2, 0.25) is 0 Å². The van der Waals surface area contributed by atoms with E-state index in [0.29, 0.717) is 17.9 Å². The Bertz CT molecular complexity index is 502. The van der Waals surface area contributed by atoms with Crippen molar-refractivity contribution < 1.29 is 9.90 Å². The van der Waals surface area contributed by atoms with E-state index in [1.54, 1.807) is 0 Å². The summed E-state index contributed by atoms with van der Waals surface area (Å²) in [4.78, 5) is 10.5. The summed E-state index contributed by atoms with van der Waals surface area (Å²) >= 11 is 0. The van der Waals surface area contributed by atoms with Gasteiger partial charge in [0.05, 0.1) is 5.69 Å². The Labute approximate surface area is 101 Å². The highest BCUT2D eigenvalue weighted by atomic mass is 16.4. The first-order chi connectivity index (χ1) is 7.93. The van der Waals surface area contributed by atoms with Gasteiger partial charge in [-0.25, -0.2) is 0 Å². The number of nitrogens with zero attached hydrogens (tertiary/aromatic N) is 2. The van der Waals surface area contributed by atoms with Crippen molar-refractivity contribution in [3.8, 4) is 0 Å². The smallest absolute Gasteiger partial charge is 0.0631 e. The second-order valence-electron chi connectivity index (χ2n) is 5.90. The molecule has 17 heavy (non-hydrogen) atoms. The third-order valence-corrected chi connectivity index (χ3v) is 4.59. The Morgan fingerprint density at radius 2 is 2.29 bits per heavy atom. The first-order valence-corrected chi connectivity index (χ1v) is 6.19. The number of hydrogen-bond acceptors (Lipinski definition) is 3. The third kappa shape index (κ3) is 1.36. The van der Waals surface area contributed by atoms with Crippen molar-refractivity contribution in [3.63, 3.8) is 0 Å². The molecule has 1 aromatic heterocycles. The average Bonchev–Trinajstić information content (AvgIpc) is 2.63. The maximum atomic E-state index is 10.5. The van der Waals surface area contributed by atoms with Crippen LogP contribution in [0.5, 0.6) is 0 Å². The van der Waals surface area contributed by atoms with Gasteiger partial charge < -0.3 is 9.90 Å². The summed E-state index contributed by atoms with van der Waals surface area (Å²) in [6.45, 7) is 7.09. The summed E-state index contributed by atoms with van der Waals surface area (Å²) in [6, 6.07) is 0. The first-order valence-electron chi connectivity index (χ1n) is 6.19. The zero-order valence-electron chi connectivity index (χ0n) is 10.5. The normalized spacial score (nSPS) is 27.7. The second-order valence-corrected chi connectivity index (χ2v) is 5.90. The van der Waals surface area contributed by atoms with Gasteiger partial charge in [-0.1, -0.05) is 13.8 Å². The van der Waals surface area contributed by atoms with Gasteiger partial charge in [-0.15, -0.1) is 0 Å². The molecule has 0 aliphatic heterocycles. The number of carbonyl (C=O) groups is 1. The standard InChI is InChI=1S/C13H18N2O2/c1-7-11-9(6-8-12(11)13(8,2)3)15(14-7)5-4-10(16)17/h8,12H,4-6H2,1-3H3,(H,16,17)/p-1. The molecule has 0 N–H and O–H groups in total. The minimum Gasteiger partial charge on any atom is -0.550 e. The predicted molar refractivity (Wildman–Crippen MR) is 60.3 cm³/mol. The summed E-state index contributed by atoms with van der Waals surface area (Å²) in [7, 11) is 0. The van der Waals surface area contributed by atoms with Crippen molar-refractivity contribution in [2.45, 2.75) is 46.1 Å². The molecule has 1 heterocycles. The predicted octanol–water partition coefficient (Wildman–Crippen LogP) is 0.627. The van der Waals surface area contributed by atoms with E-state index in [-0.39, 0.29) is 6.42 Å². The van der Waals surface area contributed by atoms with E-state index in [1.165, 1.54) is 11.3 Å². The van der Waals surface area contributed by atoms with Gasteiger partial charge in [-0.05, 0) is 30.6 Å². The highest BCUT2D eigenvalue weighted by Crippen LogP contribution is 2.70. The Balaban J connectivity index is 1.89. The van der Waals surface area contributed by atoms with Crippen LogP contribution in [0.15, 0.2) is 0 Å². The molecule has 0 radical (unpaired) electrons. The number of aliphatic carboxylic acids is 1. The van der Waals surface area contributed by atoms with Gasteiger partial charge in [0.15, 0.2) is 0 Å². The molecule has 0 amide bonds. The maximum Gasteiger partial charge on any atom is 0.0631 e. The Hall–Kier alpha value is -1.32. The van der Waals surface area contributed by atoms with Crippen LogP contribution in [0.4, 0.5) is 0 Å². The lowest BCUT2D eigenvalue weighted by Gasteiger charge is -2.11. The molecule has 0 saturated heterocycles. The molecular formula is C13H17N2O2-. The Morgan fingerprint density at radius 3 is 2.94 bits per heavy atom. The molecule has 2 aliphatic carbocycles. The number of fused-ring (bicyclic) bond motifs is 3. The van der Waals surface area contributed by atoms with Gasteiger partial charge in [-0.2, -0.15) is 5.10 Å². The highest BCUT2D eigenvalue weighted by Gasteiger charge is 2.63. The summed E-state index contributed by atoms with van der Waals surface area (Å²) in [5.74, 6) is 0.382. The van der Waals surface area contributed by atoms with Crippen molar-refractivity contribution in [2.24, 2.45) is 11.3 Å². The monoisotopic (exact) mass is 233 g/mol. The molecule has 1 fully saturated rings. The van der Waals surface area contributed by atoms with Crippen LogP contribution in [0.2, 0.25) is 0 Å². The van der Waals surface area contributed by atoms with E-state index in [9.17, 15) is 9.90 Å². The molecule has 2 aliphatic rings. The van der Waals surface area contributed by atoms with E-state index in [0.717, 1.165) is 18.0 Å². The second kappa shape index (κ2) is 3.12. The molecule has 3 rings (SSSR count). The zero-order chi connectivity index (χ0) is 12.4. The van der Waals surface area contributed by atoms with Crippen LogP contribution in [0, 0.1) is 18.3 Å². The molecule has 1 saturated carbocycles. The fraction of sp³-hybridized carbons (Fsp3) is 0.692. The number of hydrogen-bond donors (Lipinski definition) is 0. The SMILES string of the molecule is Cc1nn(CCC(=O)[O-])c2c1C1C(C2)C1(C)C. The lowest BCUT2D eigenvalue weighted by Crippen LogP contribution is -2.24. The fourth-order valence-corrected chi connectivity index (χ4v) is 3.55. The molecule has 4 heteroatoms. The number of carboxylic acid groups (broad SMARTS) is 1. The maximum absolute atomic E-state index is 10.5. The topological polar surface area (TPSA) is 58.0 Å². The van der Waals surface area contributed by atoms with E-state index in [2.05, 4.69) is 18.9 Å². The summed E-state index contributed by atoms with van der Waals surface area (Å²) in [5.41, 5.74) is 4.15.